The number of hydrogen-bond acceptors (Lipinski definition) is 2. The highest BCUT2D eigenvalue weighted by Crippen LogP contribution is 2.13. The minimum absolute atomic E-state index is 0.539. The van der Waals surface area contributed by atoms with E-state index in [1.54, 1.807) is 24.3 Å². The summed E-state index contributed by atoms with van der Waals surface area (Å²) in [6.45, 7) is 0.602. The van der Waals surface area contributed by atoms with Gasteiger partial charge in [-0.05, 0) is 54.2 Å². The number of anilines is 1. The number of benzene rings is 2. The van der Waals surface area contributed by atoms with Gasteiger partial charge in [0.15, 0.2) is 5.11 Å². The summed E-state index contributed by atoms with van der Waals surface area (Å²) < 4.78 is 0. The molecule has 2 N–H and O–H groups in total. The number of rotatable bonds is 3. The Morgan fingerprint density at radius 1 is 1.10 bits per heavy atom. The van der Waals surface area contributed by atoms with E-state index in [1.807, 2.05) is 24.3 Å². The second-order valence-corrected chi connectivity index (χ2v) is 4.97. The molecule has 0 fully saturated rings. The van der Waals surface area contributed by atoms with Gasteiger partial charge in [0.2, 0.25) is 0 Å². The third-order valence-electron chi connectivity index (χ3n) is 2.64. The Labute approximate surface area is 128 Å². The highest BCUT2D eigenvalue weighted by Gasteiger charge is 1.99. The third-order valence-corrected chi connectivity index (χ3v) is 3.14. The van der Waals surface area contributed by atoms with Crippen molar-refractivity contribution in [1.29, 1.82) is 5.26 Å². The van der Waals surface area contributed by atoms with E-state index >= 15 is 0 Å². The summed E-state index contributed by atoms with van der Waals surface area (Å²) in [4.78, 5) is 0. The van der Waals surface area contributed by atoms with Crippen molar-refractivity contribution in [2.24, 2.45) is 0 Å². The normalized spacial score (nSPS) is 9.60. The first-order chi connectivity index (χ1) is 9.67. The average molecular weight is 302 g/mol. The van der Waals surface area contributed by atoms with Gasteiger partial charge in [0.1, 0.15) is 0 Å². The van der Waals surface area contributed by atoms with E-state index in [0.29, 0.717) is 22.2 Å². The molecule has 0 heterocycles. The van der Waals surface area contributed by atoms with Crippen molar-refractivity contribution in [2.45, 2.75) is 6.54 Å². The molecule has 0 aliphatic rings. The Hall–Kier alpha value is -2.09. The van der Waals surface area contributed by atoms with Crippen LogP contribution >= 0.6 is 23.8 Å². The van der Waals surface area contributed by atoms with Gasteiger partial charge >= 0.3 is 0 Å². The molecule has 20 heavy (non-hydrogen) atoms. The van der Waals surface area contributed by atoms with Crippen LogP contribution < -0.4 is 10.6 Å². The molecule has 0 unspecified atom stereocenters. The molecular formula is C15H12ClN3S. The fraction of sp³-hybridized carbons (Fsp3) is 0.0667. The van der Waals surface area contributed by atoms with Gasteiger partial charge in [-0.3, -0.25) is 0 Å². The largest absolute Gasteiger partial charge is 0.358 e. The predicted octanol–water partition coefficient (Wildman–Crippen LogP) is 3.70. The van der Waals surface area contributed by atoms with E-state index in [2.05, 4.69) is 16.7 Å². The Morgan fingerprint density at radius 2 is 1.75 bits per heavy atom. The lowest BCUT2D eigenvalue weighted by molar-refractivity contribution is 0.925. The lowest BCUT2D eigenvalue weighted by Crippen LogP contribution is -2.27. The van der Waals surface area contributed by atoms with Gasteiger partial charge in [0.05, 0.1) is 11.6 Å². The van der Waals surface area contributed by atoms with Crippen molar-refractivity contribution in [1.82, 2.24) is 5.32 Å². The summed E-state index contributed by atoms with van der Waals surface area (Å²) in [6.07, 6.45) is 0. The van der Waals surface area contributed by atoms with Gasteiger partial charge in [-0.2, -0.15) is 5.26 Å². The molecule has 0 aliphatic carbocycles. The molecule has 0 aromatic heterocycles. The van der Waals surface area contributed by atoms with Crippen LogP contribution in [0.2, 0.25) is 5.02 Å². The zero-order valence-electron chi connectivity index (χ0n) is 10.6. The Morgan fingerprint density at radius 3 is 2.35 bits per heavy atom. The van der Waals surface area contributed by atoms with Gasteiger partial charge < -0.3 is 10.6 Å². The molecule has 5 heteroatoms. The quantitative estimate of drug-likeness (QED) is 0.849. The molecule has 2 aromatic rings. The molecule has 100 valence electrons. The first kappa shape index (κ1) is 14.3. The van der Waals surface area contributed by atoms with Crippen LogP contribution in [0.3, 0.4) is 0 Å². The number of nitriles is 1. The Balaban J connectivity index is 1.85. The number of hydrogen-bond donors (Lipinski definition) is 2. The monoisotopic (exact) mass is 301 g/mol. The number of halogens is 1. The average Bonchev–Trinajstić information content (AvgIpc) is 2.48. The van der Waals surface area contributed by atoms with Gasteiger partial charge in [-0.1, -0.05) is 23.7 Å². The number of nitrogens with zero attached hydrogens (tertiary/aromatic N) is 1. The lowest BCUT2D eigenvalue weighted by atomic mass is 10.1. The molecule has 3 nitrogen and oxygen atoms in total. The second kappa shape index (κ2) is 6.90. The van der Waals surface area contributed by atoms with Crippen LogP contribution in [0.4, 0.5) is 5.69 Å². The van der Waals surface area contributed by atoms with Gasteiger partial charge in [-0.25, -0.2) is 0 Å². The summed E-state index contributed by atoms with van der Waals surface area (Å²) in [5.74, 6) is 0. The van der Waals surface area contributed by atoms with Crippen molar-refractivity contribution >= 4 is 34.6 Å². The van der Waals surface area contributed by atoms with Crippen molar-refractivity contribution in [3.05, 3.63) is 64.7 Å². The summed E-state index contributed by atoms with van der Waals surface area (Å²) in [6, 6.07) is 16.8. The molecule has 2 aromatic carbocycles. The molecule has 0 saturated carbocycles. The molecular weight excluding hydrogens is 290 g/mol. The topological polar surface area (TPSA) is 47.9 Å². The van der Waals surface area contributed by atoms with Crippen LogP contribution in [-0.4, -0.2) is 5.11 Å². The summed E-state index contributed by atoms with van der Waals surface area (Å²) in [5, 5.41) is 16.1. The molecule has 0 amide bonds. The zero-order valence-corrected chi connectivity index (χ0v) is 12.1. The standard InChI is InChI=1S/C15H12ClN3S/c16-13-5-7-14(8-6-13)19-15(20)18-10-12-3-1-11(9-17)2-4-12/h1-8H,10H2,(H2,18,19,20). The molecule has 0 bridgehead atoms. The van der Waals surface area contributed by atoms with Crippen LogP contribution in [0.15, 0.2) is 48.5 Å². The van der Waals surface area contributed by atoms with Gasteiger partial charge in [-0.15, -0.1) is 0 Å². The fourth-order valence-electron chi connectivity index (χ4n) is 1.59. The van der Waals surface area contributed by atoms with E-state index in [0.717, 1.165) is 11.3 Å². The summed E-state index contributed by atoms with van der Waals surface area (Å²) in [7, 11) is 0. The van der Waals surface area contributed by atoms with Gasteiger partial charge in [0, 0.05) is 17.3 Å². The predicted molar refractivity (Wildman–Crippen MR) is 85.7 cm³/mol. The second-order valence-electron chi connectivity index (χ2n) is 4.12. The first-order valence-corrected chi connectivity index (χ1v) is 6.75. The van der Waals surface area contributed by atoms with Crippen molar-refractivity contribution < 1.29 is 0 Å². The maximum atomic E-state index is 8.72. The van der Waals surface area contributed by atoms with E-state index in [9.17, 15) is 0 Å². The van der Waals surface area contributed by atoms with Crippen molar-refractivity contribution in [3.8, 4) is 6.07 Å². The summed E-state index contributed by atoms with van der Waals surface area (Å²) in [5.41, 5.74) is 2.59. The number of nitrogens with one attached hydrogen (secondary N) is 2. The Bertz CT molecular complexity index is 630. The molecule has 0 spiro atoms. The molecule has 0 atom stereocenters. The highest BCUT2D eigenvalue weighted by atomic mass is 35.5. The maximum Gasteiger partial charge on any atom is 0.171 e. The third kappa shape index (κ3) is 4.23. The van der Waals surface area contributed by atoms with Gasteiger partial charge in [0.25, 0.3) is 0 Å². The number of thiocarbonyl (C=S) groups is 1. The van der Waals surface area contributed by atoms with Crippen LogP contribution in [0.1, 0.15) is 11.1 Å². The smallest absolute Gasteiger partial charge is 0.171 e. The maximum absolute atomic E-state index is 8.72. The zero-order chi connectivity index (χ0) is 14.4. The summed E-state index contributed by atoms with van der Waals surface area (Å²) >= 11 is 11.0. The van der Waals surface area contributed by atoms with Crippen LogP contribution in [0.5, 0.6) is 0 Å². The van der Waals surface area contributed by atoms with E-state index in [1.165, 1.54) is 0 Å². The van der Waals surface area contributed by atoms with Crippen LogP contribution in [0, 0.1) is 11.3 Å². The van der Waals surface area contributed by atoms with Crippen molar-refractivity contribution in [2.75, 3.05) is 5.32 Å². The van der Waals surface area contributed by atoms with Crippen LogP contribution in [0.25, 0.3) is 0 Å². The lowest BCUT2D eigenvalue weighted by Gasteiger charge is -2.10. The van der Waals surface area contributed by atoms with Crippen LogP contribution in [-0.2, 0) is 6.54 Å². The van der Waals surface area contributed by atoms with Crippen molar-refractivity contribution in [3.63, 3.8) is 0 Å². The fourth-order valence-corrected chi connectivity index (χ4v) is 1.90. The Kier molecular flexibility index (Phi) is 4.94. The minimum Gasteiger partial charge on any atom is -0.358 e. The van der Waals surface area contributed by atoms with E-state index in [-0.39, 0.29) is 0 Å². The molecule has 2 rings (SSSR count). The molecule has 0 aliphatic heterocycles. The SMILES string of the molecule is N#Cc1ccc(CNC(=S)Nc2ccc(Cl)cc2)cc1. The first-order valence-electron chi connectivity index (χ1n) is 5.97. The minimum atomic E-state index is 0.539. The molecule has 0 saturated heterocycles. The van der Waals surface area contributed by atoms with E-state index < -0.39 is 0 Å². The highest BCUT2D eigenvalue weighted by molar-refractivity contribution is 7.80. The molecule has 0 radical (unpaired) electrons. The van der Waals surface area contributed by atoms with E-state index in [4.69, 9.17) is 29.1 Å².